The van der Waals surface area contributed by atoms with Crippen molar-refractivity contribution in [3.05, 3.63) is 0 Å². The molecule has 0 heterocycles. The highest BCUT2D eigenvalue weighted by molar-refractivity contribution is 5.81. The number of nitrogens with two attached hydrogens (primary N) is 1. The number of amides is 1. The largest absolute Gasteiger partial charge is 0.465 e. The summed E-state index contributed by atoms with van der Waals surface area (Å²) in [6, 6.07) is 0. The summed E-state index contributed by atoms with van der Waals surface area (Å²) in [5.41, 5.74) is 5.46. The number of hydrogen-bond acceptors (Lipinski definition) is 4. The molecule has 0 aromatic rings. The fraction of sp³-hybridized carbons (Fsp3) is 0.800. The molecular formula is C10H20N2O3. The first kappa shape index (κ1) is 13.9. The van der Waals surface area contributed by atoms with E-state index in [1.807, 2.05) is 6.92 Å². The number of rotatable bonds is 7. The third-order valence-corrected chi connectivity index (χ3v) is 2.12. The van der Waals surface area contributed by atoms with Crippen LogP contribution in [-0.4, -0.2) is 31.6 Å². The van der Waals surface area contributed by atoms with Gasteiger partial charge in [-0.3, -0.25) is 9.59 Å². The van der Waals surface area contributed by atoms with Crippen molar-refractivity contribution in [2.75, 3.05) is 19.7 Å². The molecule has 0 rings (SSSR count). The highest BCUT2D eigenvalue weighted by Gasteiger charge is 2.11. The summed E-state index contributed by atoms with van der Waals surface area (Å²) in [5.74, 6) is -0.376. The van der Waals surface area contributed by atoms with Crippen molar-refractivity contribution in [1.29, 1.82) is 0 Å². The monoisotopic (exact) mass is 216 g/mol. The molecule has 1 amide bonds. The summed E-state index contributed by atoms with van der Waals surface area (Å²) >= 11 is 0. The maximum absolute atomic E-state index is 11.3. The molecule has 88 valence electrons. The molecule has 0 aliphatic heterocycles. The molecule has 0 fully saturated rings. The second-order valence-electron chi connectivity index (χ2n) is 3.30. The third-order valence-electron chi connectivity index (χ3n) is 2.12. The Labute approximate surface area is 90.4 Å². The summed E-state index contributed by atoms with van der Waals surface area (Å²) in [5, 5.41) is 2.50. The van der Waals surface area contributed by atoms with Gasteiger partial charge in [-0.25, -0.2) is 0 Å². The molecule has 0 aromatic heterocycles. The van der Waals surface area contributed by atoms with Gasteiger partial charge in [-0.15, -0.1) is 0 Å². The molecule has 1 unspecified atom stereocenters. The van der Waals surface area contributed by atoms with Crippen LogP contribution in [0, 0.1) is 5.92 Å². The molecular weight excluding hydrogens is 196 g/mol. The van der Waals surface area contributed by atoms with Gasteiger partial charge in [-0.1, -0.05) is 13.3 Å². The first-order chi connectivity index (χ1) is 7.13. The van der Waals surface area contributed by atoms with Gasteiger partial charge in [-0.2, -0.15) is 0 Å². The first-order valence-electron chi connectivity index (χ1n) is 5.26. The Morgan fingerprint density at radius 3 is 2.53 bits per heavy atom. The van der Waals surface area contributed by atoms with Crippen molar-refractivity contribution in [1.82, 2.24) is 5.32 Å². The fourth-order valence-electron chi connectivity index (χ4n) is 1.11. The molecule has 5 nitrogen and oxygen atoms in total. The second-order valence-corrected chi connectivity index (χ2v) is 3.30. The standard InChI is InChI=1S/C10H20N2O3/c1-3-8(6-11)5-9(13)12-7-10(14)15-4-2/h8H,3-7,11H2,1-2H3,(H,12,13). The molecule has 0 bridgehead atoms. The van der Waals surface area contributed by atoms with Gasteiger partial charge in [0.15, 0.2) is 0 Å². The van der Waals surface area contributed by atoms with Crippen LogP contribution in [0.15, 0.2) is 0 Å². The minimum Gasteiger partial charge on any atom is -0.465 e. The zero-order valence-corrected chi connectivity index (χ0v) is 9.41. The zero-order chi connectivity index (χ0) is 11.7. The topological polar surface area (TPSA) is 81.4 Å². The van der Waals surface area contributed by atoms with E-state index in [-0.39, 0.29) is 18.4 Å². The van der Waals surface area contributed by atoms with E-state index in [1.54, 1.807) is 6.92 Å². The van der Waals surface area contributed by atoms with E-state index in [9.17, 15) is 9.59 Å². The zero-order valence-electron chi connectivity index (χ0n) is 9.41. The van der Waals surface area contributed by atoms with Crippen molar-refractivity contribution in [2.45, 2.75) is 26.7 Å². The molecule has 0 saturated carbocycles. The fourth-order valence-corrected chi connectivity index (χ4v) is 1.11. The maximum Gasteiger partial charge on any atom is 0.325 e. The van der Waals surface area contributed by atoms with Crippen molar-refractivity contribution >= 4 is 11.9 Å². The molecule has 0 radical (unpaired) electrons. The Kier molecular flexibility index (Phi) is 7.62. The van der Waals surface area contributed by atoms with E-state index < -0.39 is 5.97 Å². The molecule has 5 heteroatoms. The summed E-state index contributed by atoms with van der Waals surface area (Å²) < 4.78 is 4.67. The average Bonchev–Trinajstić information content (AvgIpc) is 2.23. The van der Waals surface area contributed by atoms with Crippen molar-refractivity contribution in [2.24, 2.45) is 11.7 Å². The van der Waals surface area contributed by atoms with Crippen LogP contribution < -0.4 is 11.1 Å². The third kappa shape index (κ3) is 6.90. The van der Waals surface area contributed by atoms with Gasteiger partial charge in [0.25, 0.3) is 0 Å². The van der Waals surface area contributed by atoms with Crippen molar-refractivity contribution < 1.29 is 14.3 Å². The van der Waals surface area contributed by atoms with E-state index in [1.165, 1.54) is 0 Å². The lowest BCUT2D eigenvalue weighted by Crippen LogP contribution is -2.32. The van der Waals surface area contributed by atoms with Crippen LogP contribution in [0.1, 0.15) is 26.7 Å². The number of nitrogens with one attached hydrogen (secondary N) is 1. The molecule has 0 aliphatic rings. The number of carbonyl (C=O) groups excluding carboxylic acids is 2. The SMILES string of the molecule is CCOC(=O)CNC(=O)CC(CC)CN. The Hall–Kier alpha value is -1.10. The van der Waals surface area contributed by atoms with Crippen molar-refractivity contribution in [3.8, 4) is 0 Å². The minimum absolute atomic E-state index is 0.0618. The predicted molar refractivity (Wildman–Crippen MR) is 57.1 cm³/mol. The summed E-state index contributed by atoms with van der Waals surface area (Å²) in [6.45, 7) is 4.46. The lowest BCUT2D eigenvalue weighted by atomic mass is 10.0. The van der Waals surface area contributed by atoms with E-state index >= 15 is 0 Å². The van der Waals surface area contributed by atoms with Crippen molar-refractivity contribution in [3.63, 3.8) is 0 Å². The van der Waals surface area contributed by atoms with Crippen LogP contribution in [0.3, 0.4) is 0 Å². The smallest absolute Gasteiger partial charge is 0.325 e. The molecule has 0 aliphatic carbocycles. The van der Waals surface area contributed by atoms with E-state index in [0.29, 0.717) is 19.6 Å². The highest BCUT2D eigenvalue weighted by Crippen LogP contribution is 2.04. The van der Waals surface area contributed by atoms with Crippen LogP contribution in [0.4, 0.5) is 0 Å². The molecule has 15 heavy (non-hydrogen) atoms. The van der Waals surface area contributed by atoms with Gasteiger partial charge in [-0.05, 0) is 19.4 Å². The lowest BCUT2D eigenvalue weighted by Gasteiger charge is -2.11. The summed E-state index contributed by atoms with van der Waals surface area (Å²) in [7, 11) is 0. The van der Waals surface area contributed by atoms with Gasteiger partial charge in [0.05, 0.1) is 6.61 Å². The molecule has 3 N–H and O–H groups in total. The van der Waals surface area contributed by atoms with Gasteiger partial charge in [0, 0.05) is 6.42 Å². The Morgan fingerprint density at radius 1 is 1.40 bits per heavy atom. The van der Waals surface area contributed by atoms with Gasteiger partial charge >= 0.3 is 5.97 Å². The number of hydrogen-bond donors (Lipinski definition) is 2. The van der Waals surface area contributed by atoms with Crippen LogP contribution in [0.2, 0.25) is 0 Å². The Bertz CT molecular complexity index is 203. The van der Waals surface area contributed by atoms with E-state index in [0.717, 1.165) is 6.42 Å². The predicted octanol–water partition coefficient (Wildman–Crippen LogP) is 0.0407. The second kappa shape index (κ2) is 8.23. The van der Waals surface area contributed by atoms with Gasteiger partial charge in [0.2, 0.25) is 5.91 Å². The average molecular weight is 216 g/mol. The summed E-state index contributed by atoms with van der Waals surface area (Å²) in [6.07, 6.45) is 1.23. The highest BCUT2D eigenvalue weighted by atomic mass is 16.5. The Balaban J connectivity index is 3.69. The molecule has 0 spiro atoms. The molecule has 0 saturated heterocycles. The summed E-state index contributed by atoms with van der Waals surface area (Å²) in [4.78, 5) is 22.2. The van der Waals surface area contributed by atoms with Crippen LogP contribution in [-0.2, 0) is 14.3 Å². The van der Waals surface area contributed by atoms with Gasteiger partial charge < -0.3 is 15.8 Å². The minimum atomic E-state index is -0.411. The molecule has 0 aromatic carbocycles. The van der Waals surface area contributed by atoms with Crippen LogP contribution in [0.5, 0.6) is 0 Å². The first-order valence-corrected chi connectivity index (χ1v) is 5.26. The van der Waals surface area contributed by atoms with Gasteiger partial charge in [0.1, 0.15) is 6.54 Å². The maximum atomic E-state index is 11.3. The quantitative estimate of drug-likeness (QED) is 0.589. The van der Waals surface area contributed by atoms with E-state index in [4.69, 9.17) is 5.73 Å². The molecule has 1 atom stereocenters. The number of esters is 1. The lowest BCUT2D eigenvalue weighted by molar-refractivity contribution is -0.143. The normalized spacial score (nSPS) is 11.9. The van der Waals surface area contributed by atoms with E-state index in [2.05, 4.69) is 10.1 Å². The van der Waals surface area contributed by atoms with Crippen LogP contribution >= 0.6 is 0 Å². The van der Waals surface area contributed by atoms with Crippen LogP contribution in [0.25, 0.3) is 0 Å². The number of ether oxygens (including phenoxy) is 1. The Morgan fingerprint density at radius 2 is 2.07 bits per heavy atom. The number of carbonyl (C=O) groups is 2.